The molecule has 122 valence electrons. The molecule has 1 fully saturated rings. The monoisotopic (exact) mass is 331 g/mol. The Bertz CT molecular complexity index is 597. The number of rotatable bonds is 5. The van der Waals surface area contributed by atoms with Gasteiger partial charge in [-0.2, -0.15) is 0 Å². The first-order chi connectivity index (χ1) is 11.2. The molecular formula is C18H22ClN3O. The first-order valence-electron chi connectivity index (χ1n) is 7.99. The molecule has 0 aliphatic carbocycles. The number of hydrogen-bond donors (Lipinski definition) is 1. The molecule has 1 aromatic heterocycles. The number of benzene rings is 1. The molecule has 1 atom stereocenters. The Kier molecular flexibility index (Phi) is 5.62. The molecule has 1 aliphatic heterocycles. The van der Waals surface area contributed by atoms with E-state index in [1.54, 1.807) is 0 Å². The molecule has 3 rings (SSSR count). The van der Waals surface area contributed by atoms with Crippen molar-refractivity contribution in [3.63, 3.8) is 0 Å². The van der Waals surface area contributed by atoms with Crippen LogP contribution in [0.25, 0.3) is 0 Å². The summed E-state index contributed by atoms with van der Waals surface area (Å²) in [5, 5.41) is 11.1. The zero-order valence-corrected chi connectivity index (χ0v) is 13.9. The Balaban J connectivity index is 1.46. The summed E-state index contributed by atoms with van der Waals surface area (Å²) in [5.74, 6) is 0. The molecule has 0 radical (unpaired) electrons. The largest absolute Gasteiger partial charge is 0.387 e. The number of aromatic nitrogens is 1. The van der Waals surface area contributed by atoms with Crippen molar-refractivity contribution in [3.8, 4) is 0 Å². The van der Waals surface area contributed by atoms with Gasteiger partial charge in [-0.15, -0.1) is 0 Å². The second-order valence-corrected chi connectivity index (χ2v) is 6.40. The van der Waals surface area contributed by atoms with Crippen molar-refractivity contribution in [1.29, 1.82) is 0 Å². The summed E-state index contributed by atoms with van der Waals surface area (Å²) in [7, 11) is 0. The molecule has 1 saturated heterocycles. The van der Waals surface area contributed by atoms with Crippen LogP contribution in [0.15, 0.2) is 48.7 Å². The van der Waals surface area contributed by atoms with Gasteiger partial charge in [0.1, 0.15) is 0 Å². The number of aliphatic hydroxyl groups is 1. The van der Waals surface area contributed by atoms with E-state index in [-0.39, 0.29) is 0 Å². The number of aliphatic hydroxyl groups excluding tert-OH is 1. The van der Waals surface area contributed by atoms with Crippen LogP contribution in [0.5, 0.6) is 0 Å². The zero-order chi connectivity index (χ0) is 16.1. The van der Waals surface area contributed by atoms with E-state index in [1.165, 1.54) is 0 Å². The Labute approximate surface area is 142 Å². The third kappa shape index (κ3) is 4.75. The van der Waals surface area contributed by atoms with Gasteiger partial charge in [-0.05, 0) is 29.8 Å². The highest BCUT2D eigenvalue weighted by molar-refractivity contribution is 6.30. The molecule has 2 heterocycles. The summed E-state index contributed by atoms with van der Waals surface area (Å²) in [6.45, 7) is 5.51. The highest BCUT2D eigenvalue weighted by Crippen LogP contribution is 2.18. The number of piperazine rings is 1. The maximum absolute atomic E-state index is 10.4. The summed E-state index contributed by atoms with van der Waals surface area (Å²) >= 11 is 5.89. The SMILES string of the molecule is OC(CN1CCN(Cc2ccccn2)CC1)c1ccc(Cl)cc1. The number of pyridine rings is 1. The van der Waals surface area contributed by atoms with E-state index in [2.05, 4.69) is 20.9 Å². The Hall–Kier alpha value is -1.46. The third-order valence-corrected chi connectivity index (χ3v) is 4.51. The lowest BCUT2D eigenvalue weighted by Gasteiger charge is -2.35. The fraction of sp³-hybridized carbons (Fsp3) is 0.389. The van der Waals surface area contributed by atoms with E-state index in [0.717, 1.165) is 44.0 Å². The first kappa shape index (κ1) is 16.4. The minimum atomic E-state index is -0.463. The molecular weight excluding hydrogens is 310 g/mol. The summed E-state index contributed by atoms with van der Waals surface area (Å²) in [4.78, 5) is 9.10. The van der Waals surface area contributed by atoms with Gasteiger partial charge >= 0.3 is 0 Å². The number of halogens is 1. The Morgan fingerprint density at radius 1 is 1.00 bits per heavy atom. The molecule has 1 aromatic carbocycles. The summed E-state index contributed by atoms with van der Waals surface area (Å²) < 4.78 is 0. The summed E-state index contributed by atoms with van der Waals surface area (Å²) in [6.07, 6.45) is 1.38. The van der Waals surface area contributed by atoms with Crippen LogP contribution in [0.2, 0.25) is 5.02 Å². The van der Waals surface area contributed by atoms with E-state index in [0.29, 0.717) is 11.6 Å². The average molecular weight is 332 g/mol. The molecule has 0 saturated carbocycles. The maximum atomic E-state index is 10.4. The minimum absolute atomic E-state index is 0.463. The summed E-state index contributed by atoms with van der Waals surface area (Å²) in [6, 6.07) is 13.5. The second kappa shape index (κ2) is 7.88. The first-order valence-corrected chi connectivity index (χ1v) is 8.36. The lowest BCUT2D eigenvalue weighted by Crippen LogP contribution is -2.47. The fourth-order valence-corrected chi connectivity index (χ4v) is 3.01. The van der Waals surface area contributed by atoms with Crippen molar-refractivity contribution in [2.24, 2.45) is 0 Å². The molecule has 1 aliphatic rings. The van der Waals surface area contributed by atoms with Crippen LogP contribution >= 0.6 is 11.6 Å². The van der Waals surface area contributed by atoms with Gasteiger partial charge in [0.2, 0.25) is 0 Å². The lowest BCUT2D eigenvalue weighted by atomic mass is 10.1. The van der Waals surface area contributed by atoms with Crippen molar-refractivity contribution >= 4 is 11.6 Å². The highest BCUT2D eigenvalue weighted by atomic mass is 35.5. The van der Waals surface area contributed by atoms with Gasteiger partial charge in [0.25, 0.3) is 0 Å². The van der Waals surface area contributed by atoms with Crippen LogP contribution in [-0.4, -0.2) is 52.6 Å². The van der Waals surface area contributed by atoms with E-state index < -0.39 is 6.10 Å². The molecule has 0 bridgehead atoms. The van der Waals surface area contributed by atoms with Gasteiger partial charge in [-0.25, -0.2) is 0 Å². The van der Waals surface area contributed by atoms with Gasteiger partial charge in [0.05, 0.1) is 11.8 Å². The van der Waals surface area contributed by atoms with Crippen LogP contribution in [0, 0.1) is 0 Å². The molecule has 2 aromatic rings. The van der Waals surface area contributed by atoms with Crippen LogP contribution in [0.1, 0.15) is 17.4 Å². The van der Waals surface area contributed by atoms with E-state index in [4.69, 9.17) is 11.6 Å². The molecule has 23 heavy (non-hydrogen) atoms. The minimum Gasteiger partial charge on any atom is -0.387 e. The van der Waals surface area contributed by atoms with Crippen molar-refractivity contribution < 1.29 is 5.11 Å². The second-order valence-electron chi connectivity index (χ2n) is 5.97. The van der Waals surface area contributed by atoms with Gasteiger partial charge in [-0.1, -0.05) is 29.8 Å². The van der Waals surface area contributed by atoms with E-state index in [1.807, 2.05) is 42.6 Å². The topological polar surface area (TPSA) is 39.6 Å². The predicted octanol–water partition coefficient (Wildman–Crippen LogP) is 2.59. The molecule has 1 unspecified atom stereocenters. The number of β-amino-alcohol motifs (C(OH)–C–C–N with tert-alkyl or cyclic N) is 1. The molecule has 1 N–H and O–H groups in total. The van der Waals surface area contributed by atoms with Crippen LogP contribution in [0.4, 0.5) is 0 Å². The Morgan fingerprint density at radius 2 is 1.70 bits per heavy atom. The third-order valence-electron chi connectivity index (χ3n) is 4.26. The normalized spacial score (nSPS) is 18.0. The van der Waals surface area contributed by atoms with Crippen LogP contribution in [-0.2, 0) is 6.54 Å². The van der Waals surface area contributed by atoms with Gasteiger partial charge in [0.15, 0.2) is 0 Å². The molecule has 4 nitrogen and oxygen atoms in total. The fourth-order valence-electron chi connectivity index (χ4n) is 2.89. The Morgan fingerprint density at radius 3 is 2.35 bits per heavy atom. The maximum Gasteiger partial charge on any atom is 0.0916 e. The molecule has 0 spiro atoms. The van der Waals surface area contributed by atoms with Crippen LogP contribution < -0.4 is 0 Å². The quantitative estimate of drug-likeness (QED) is 0.914. The number of nitrogens with zero attached hydrogens (tertiary/aromatic N) is 3. The molecule has 5 heteroatoms. The van der Waals surface area contributed by atoms with Crippen molar-refractivity contribution in [2.45, 2.75) is 12.6 Å². The average Bonchev–Trinajstić information content (AvgIpc) is 2.58. The van der Waals surface area contributed by atoms with Crippen molar-refractivity contribution in [2.75, 3.05) is 32.7 Å². The zero-order valence-electron chi connectivity index (χ0n) is 13.1. The van der Waals surface area contributed by atoms with Gasteiger partial charge < -0.3 is 5.11 Å². The van der Waals surface area contributed by atoms with Gasteiger partial charge in [-0.3, -0.25) is 14.8 Å². The number of hydrogen-bond acceptors (Lipinski definition) is 4. The van der Waals surface area contributed by atoms with E-state index >= 15 is 0 Å². The smallest absolute Gasteiger partial charge is 0.0916 e. The summed E-state index contributed by atoms with van der Waals surface area (Å²) in [5.41, 5.74) is 2.03. The van der Waals surface area contributed by atoms with Gasteiger partial charge in [0, 0.05) is 50.5 Å². The van der Waals surface area contributed by atoms with Crippen molar-refractivity contribution in [3.05, 3.63) is 64.9 Å². The standard InChI is InChI=1S/C18H22ClN3O/c19-16-6-4-15(5-7-16)18(23)14-22-11-9-21(10-12-22)13-17-3-1-2-8-20-17/h1-8,18,23H,9-14H2. The van der Waals surface area contributed by atoms with Crippen LogP contribution in [0.3, 0.4) is 0 Å². The lowest BCUT2D eigenvalue weighted by molar-refractivity contribution is 0.0697. The molecule has 0 amide bonds. The van der Waals surface area contributed by atoms with E-state index in [9.17, 15) is 5.11 Å². The predicted molar refractivity (Wildman–Crippen MR) is 92.4 cm³/mol. The highest BCUT2D eigenvalue weighted by Gasteiger charge is 2.20. The van der Waals surface area contributed by atoms with Crippen molar-refractivity contribution in [1.82, 2.24) is 14.8 Å².